The third-order valence-electron chi connectivity index (χ3n) is 2.78. The second-order valence-electron chi connectivity index (χ2n) is 3.98. The molecule has 1 nitrogen and oxygen atoms in total. The van der Waals surface area contributed by atoms with Crippen LogP contribution in [0, 0.1) is 0 Å². The van der Waals surface area contributed by atoms with Crippen molar-refractivity contribution in [2.45, 2.75) is 6.42 Å². The van der Waals surface area contributed by atoms with Crippen LogP contribution in [0.5, 0.6) is 0 Å². The van der Waals surface area contributed by atoms with Crippen molar-refractivity contribution >= 4 is 38.4 Å². The molecular formula is C14H13NS2. The Balaban J connectivity index is 1.64. The number of fused-ring (bicyclic) bond motifs is 1. The van der Waals surface area contributed by atoms with Gasteiger partial charge in [0.15, 0.2) is 0 Å². The summed E-state index contributed by atoms with van der Waals surface area (Å²) in [5, 5.41) is 11.3. The van der Waals surface area contributed by atoms with E-state index in [1.54, 1.807) is 22.7 Å². The zero-order chi connectivity index (χ0) is 11.5. The van der Waals surface area contributed by atoms with Crippen LogP contribution in [0.1, 0.15) is 5.56 Å². The molecule has 0 spiro atoms. The molecule has 0 atom stereocenters. The molecule has 0 saturated carbocycles. The van der Waals surface area contributed by atoms with Crippen LogP contribution < -0.4 is 5.32 Å². The first-order valence-electron chi connectivity index (χ1n) is 5.64. The van der Waals surface area contributed by atoms with E-state index < -0.39 is 0 Å². The Morgan fingerprint density at radius 1 is 1.06 bits per heavy atom. The summed E-state index contributed by atoms with van der Waals surface area (Å²) in [6.07, 6.45) is 1.09. The largest absolute Gasteiger partial charge is 0.385 e. The maximum absolute atomic E-state index is 3.47. The molecule has 1 aromatic carbocycles. The van der Waals surface area contributed by atoms with Crippen LogP contribution >= 0.6 is 22.7 Å². The Bertz CT molecular complexity index is 596. The third-order valence-corrected chi connectivity index (χ3v) is 4.41. The van der Waals surface area contributed by atoms with Crippen molar-refractivity contribution in [3.63, 3.8) is 0 Å². The number of hydrogen-bond acceptors (Lipinski definition) is 3. The number of thiophene rings is 2. The lowest BCUT2D eigenvalue weighted by atomic mass is 10.2. The summed E-state index contributed by atoms with van der Waals surface area (Å²) < 4.78 is 1.35. The highest BCUT2D eigenvalue weighted by atomic mass is 32.1. The Morgan fingerprint density at radius 3 is 2.94 bits per heavy atom. The van der Waals surface area contributed by atoms with Gasteiger partial charge >= 0.3 is 0 Å². The minimum Gasteiger partial charge on any atom is -0.385 e. The summed E-state index contributed by atoms with van der Waals surface area (Å²) >= 11 is 3.55. The highest BCUT2D eigenvalue weighted by molar-refractivity contribution is 7.17. The standard InChI is InChI=1S/C14H13NS2/c1-2-14-12(5-8-17-14)9-13(1)15-6-3-11-4-7-16-10-11/h1-2,4-5,7-10,15H,3,6H2. The van der Waals surface area contributed by atoms with E-state index in [2.05, 4.69) is 51.8 Å². The van der Waals surface area contributed by atoms with Crippen LogP contribution in [0.2, 0.25) is 0 Å². The maximum atomic E-state index is 3.47. The Kier molecular flexibility index (Phi) is 3.12. The second-order valence-corrected chi connectivity index (χ2v) is 5.71. The fourth-order valence-corrected chi connectivity index (χ4v) is 3.34. The SMILES string of the molecule is c1cc(CCNc2ccc3sccc3c2)cs1. The van der Waals surface area contributed by atoms with Gasteiger partial charge in [-0.15, -0.1) is 11.3 Å². The Hall–Kier alpha value is -1.32. The summed E-state index contributed by atoms with van der Waals surface area (Å²) in [6.45, 7) is 0.992. The van der Waals surface area contributed by atoms with Crippen molar-refractivity contribution in [3.8, 4) is 0 Å². The molecular weight excluding hydrogens is 246 g/mol. The summed E-state index contributed by atoms with van der Waals surface area (Å²) in [5.41, 5.74) is 2.63. The zero-order valence-corrected chi connectivity index (χ0v) is 11.0. The minimum atomic E-state index is 0.992. The molecule has 0 aliphatic rings. The lowest BCUT2D eigenvalue weighted by molar-refractivity contribution is 1.03. The van der Waals surface area contributed by atoms with Gasteiger partial charge in [0, 0.05) is 16.9 Å². The normalized spacial score (nSPS) is 10.8. The van der Waals surface area contributed by atoms with E-state index in [-0.39, 0.29) is 0 Å². The van der Waals surface area contributed by atoms with Crippen LogP contribution in [0.25, 0.3) is 10.1 Å². The van der Waals surface area contributed by atoms with Crippen LogP contribution in [0.15, 0.2) is 46.5 Å². The number of hydrogen-bond donors (Lipinski definition) is 1. The first-order valence-corrected chi connectivity index (χ1v) is 7.46. The van der Waals surface area contributed by atoms with Crippen molar-refractivity contribution in [2.24, 2.45) is 0 Å². The van der Waals surface area contributed by atoms with Gasteiger partial charge < -0.3 is 5.32 Å². The first-order chi connectivity index (χ1) is 8.42. The molecule has 2 heterocycles. The molecule has 3 aromatic rings. The molecule has 0 aliphatic carbocycles. The van der Waals surface area contributed by atoms with E-state index in [0.29, 0.717) is 0 Å². The van der Waals surface area contributed by atoms with Crippen LogP contribution in [-0.2, 0) is 6.42 Å². The summed E-state index contributed by atoms with van der Waals surface area (Å²) in [5.74, 6) is 0. The molecule has 17 heavy (non-hydrogen) atoms. The van der Waals surface area contributed by atoms with Crippen molar-refractivity contribution in [1.82, 2.24) is 0 Å². The van der Waals surface area contributed by atoms with Gasteiger partial charge in [0.25, 0.3) is 0 Å². The average molecular weight is 259 g/mol. The highest BCUT2D eigenvalue weighted by Gasteiger charge is 1.97. The second kappa shape index (κ2) is 4.90. The van der Waals surface area contributed by atoms with Gasteiger partial charge in [-0.2, -0.15) is 11.3 Å². The molecule has 0 unspecified atom stereocenters. The van der Waals surface area contributed by atoms with E-state index in [0.717, 1.165) is 13.0 Å². The van der Waals surface area contributed by atoms with E-state index in [1.807, 2.05) is 0 Å². The van der Waals surface area contributed by atoms with Gasteiger partial charge in [0.05, 0.1) is 0 Å². The van der Waals surface area contributed by atoms with Gasteiger partial charge in [-0.05, 0) is 63.8 Å². The molecule has 0 fully saturated rings. The van der Waals surface area contributed by atoms with Crippen LogP contribution in [-0.4, -0.2) is 6.54 Å². The molecule has 0 amide bonds. The Morgan fingerprint density at radius 2 is 2.06 bits per heavy atom. The molecule has 2 aromatic heterocycles. The van der Waals surface area contributed by atoms with Gasteiger partial charge in [-0.25, -0.2) is 0 Å². The quantitative estimate of drug-likeness (QED) is 0.721. The van der Waals surface area contributed by atoms with Crippen molar-refractivity contribution in [2.75, 3.05) is 11.9 Å². The minimum absolute atomic E-state index is 0.992. The van der Waals surface area contributed by atoms with Crippen LogP contribution in [0.3, 0.4) is 0 Å². The molecule has 1 N–H and O–H groups in total. The first kappa shape index (κ1) is 10.8. The number of anilines is 1. The highest BCUT2D eigenvalue weighted by Crippen LogP contribution is 2.23. The average Bonchev–Trinajstić information content (AvgIpc) is 2.98. The molecule has 0 aliphatic heterocycles. The number of nitrogens with one attached hydrogen (secondary N) is 1. The van der Waals surface area contributed by atoms with E-state index in [1.165, 1.54) is 21.3 Å². The molecule has 0 bridgehead atoms. The molecule has 86 valence electrons. The monoisotopic (exact) mass is 259 g/mol. The lowest BCUT2D eigenvalue weighted by Gasteiger charge is -2.05. The van der Waals surface area contributed by atoms with Crippen molar-refractivity contribution in [3.05, 3.63) is 52.0 Å². The smallest absolute Gasteiger partial charge is 0.0347 e. The summed E-state index contributed by atoms with van der Waals surface area (Å²) in [4.78, 5) is 0. The molecule has 0 radical (unpaired) electrons. The maximum Gasteiger partial charge on any atom is 0.0347 e. The molecule has 0 saturated heterocycles. The van der Waals surface area contributed by atoms with Gasteiger partial charge in [0.1, 0.15) is 0 Å². The van der Waals surface area contributed by atoms with Gasteiger partial charge in [-0.1, -0.05) is 0 Å². The predicted octanol–water partition coefficient (Wildman–Crippen LogP) is 4.62. The summed E-state index contributed by atoms with van der Waals surface area (Å²) in [6, 6.07) is 10.9. The van der Waals surface area contributed by atoms with Gasteiger partial charge in [-0.3, -0.25) is 0 Å². The lowest BCUT2D eigenvalue weighted by Crippen LogP contribution is -2.03. The van der Waals surface area contributed by atoms with E-state index >= 15 is 0 Å². The summed E-state index contributed by atoms with van der Waals surface area (Å²) in [7, 11) is 0. The van der Waals surface area contributed by atoms with Gasteiger partial charge in [0.2, 0.25) is 0 Å². The third kappa shape index (κ3) is 2.51. The van der Waals surface area contributed by atoms with Crippen molar-refractivity contribution in [1.29, 1.82) is 0 Å². The fourth-order valence-electron chi connectivity index (χ4n) is 1.86. The van der Waals surface area contributed by atoms with E-state index in [4.69, 9.17) is 0 Å². The number of rotatable bonds is 4. The number of benzene rings is 1. The van der Waals surface area contributed by atoms with Crippen LogP contribution in [0.4, 0.5) is 5.69 Å². The fraction of sp³-hybridized carbons (Fsp3) is 0.143. The Labute approximate surface area is 109 Å². The van der Waals surface area contributed by atoms with E-state index in [9.17, 15) is 0 Å². The molecule has 3 rings (SSSR count). The topological polar surface area (TPSA) is 12.0 Å². The predicted molar refractivity (Wildman–Crippen MR) is 78.3 cm³/mol. The zero-order valence-electron chi connectivity index (χ0n) is 9.35. The van der Waals surface area contributed by atoms with Crippen molar-refractivity contribution < 1.29 is 0 Å². The molecule has 3 heteroatoms.